The molecular formula is C11H22N2O. The van der Waals surface area contributed by atoms with Gasteiger partial charge in [-0.05, 0) is 32.4 Å². The largest absolute Gasteiger partial charge is 0.368 e. The summed E-state index contributed by atoms with van der Waals surface area (Å²) in [4.78, 5) is 13.3. The Balaban J connectivity index is 2.19. The Labute approximate surface area is 86.6 Å². The van der Waals surface area contributed by atoms with Crippen LogP contribution in [0.2, 0.25) is 0 Å². The van der Waals surface area contributed by atoms with E-state index in [0.29, 0.717) is 0 Å². The van der Waals surface area contributed by atoms with Crippen molar-refractivity contribution < 1.29 is 4.79 Å². The zero-order valence-electron chi connectivity index (χ0n) is 9.17. The summed E-state index contributed by atoms with van der Waals surface area (Å²) in [6, 6.07) is 0.0247. The first-order chi connectivity index (χ1) is 6.75. The lowest BCUT2D eigenvalue weighted by molar-refractivity contribution is -0.122. The van der Waals surface area contributed by atoms with Crippen molar-refractivity contribution in [2.45, 2.75) is 51.5 Å². The molecule has 0 radical (unpaired) electrons. The lowest BCUT2D eigenvalue weighted by atomic mass is 10.2. The predicted molar refractivity (Wildman–Crippen MR) is 57.9 cm³/mol. The Morgan fingerprint density at radius 1 is 1.43 bits per heavy atom. The number of carbonyl (C=O) groups excluding carboxylic acids is 1. The molecule has 3 heteroatoms. The second-order valence-corrected chi connectivity index (χ2v) is 4.16. The fourth-order valence-electron chi connectivity index (χ4n) is 2.16. The van der Waals surface area contributed by atoms with Gasteiger partial charge in [-0.2, -0.15) is 0 Å². The average Bonchev–Trinajstić information content (AvgIpc) is 2.60. The van der Waals surface area contributed by atoms with Crippen molar-refractivity contribution in [1.29, 1.82) is 0 Å². The van der Waals surface area contributed by atoms with Crippen molar-refractivity contribution in [3.63, 3.8) is 0 Å². The molecule has 1 aliphatic heterocycles. The molecule has 1 atom stereocenters. The maximum atomic E-state index is 11.1. The molecule has 1 unspecified atom stereocenters. The number of amides is 1. The van der Waals surface area contributed by atoms with Gasteiger partial charge in [-0.3, -0.25) is 9.69 Å². The lowest BCUT2D eigenvalue weighted by Crippen LogP contribution is -2.40. The smallest absolute Gasteiger partial charge is 0.234 e. The van der Waals surface area contributed by atoms with E-state index in [0.717, 1.165) is 25.9 Å². The monoisotopic (exact) mass is 198 g/mol. The van der Waals surface area contributed by atoms with E-state index < -0.39 is 0 Å². The summed E-state index contributed by atoms with van der Waals surface area (Å²) < 4.78 is 0. The normalized spacial score (nSPS) is 22.8. The number of nitrogens with two attached hydrogens (primary N) is 1. The van der Waals surface area contributed by atoms with Crippen LogP contribution in [0.4, 0.5) is 0 Å². The molecule has 1 fully saturated rings. The molecule has 1 heterocycles. The molecule has 1 aliphatic rings. The van der Waals surface area contributed by atoms with Crippen LogP contribution >= 0.6 is 0 Å². The van der Waals surface area contributed by atoms with Gasteiger partial charge in [0.15, 0.2) is 0 Å². The number of hydrogen-bond donors (Lipinski definition) is 1. The second-order valence-electron chi connectivity index (χ2n) is 4.16. The van der Waals surface area contributed by atoms with Gasteiger partial charge in [0.25, 0.3) is 0 Å². The van der Waals surface area contributed by atoms with Gasteiger partial charge < -0.3 is 5.73 Å². The Hall–Kier alpha value is -0.570. The van der Waals surface area contributed by atoms with Crippen molar-refractivity contribution in [2.24, 2.45) is 5.73 Å². The maximum Gasteiger partial charge on any atom is 0.234 e. The quantitative estimate of drug-likeness (QED) is 0.658. The molecule has 82 valence electrons. The summed E-state index contributed by atoms with van der Waals surface area (Å²) in [6.07, 6.45) is 7.13. The maximum absolute atomic E-state index is 11.1. The van der Waals surface area contributed by atoms with Crippen LogP contribution in [0, 0.1) is 0 Å². The number of likely N-dealkylation sites (tertiary alicyclic amines) is 1. The molecule has 0 aromatic rings. The molecule has 14 heavy (non-hydrogen) atoms. The topological polar surface area (TPSA) is 46.3 Å². The summed E-state index contributed by atoms with van der Waals surface area (Å²) >= 11 is 0. The number of hydrogen-bond acceptors (Lipinski definition) is 2. The Morgan fingerprint density at radius 3 is 2.86 bits per heavy atom. The number of carbonyl (C=O) groups is 1. The van der Waals surface area contributed by atoms with E-state index in [4.69, 9.17) is 5.73 Å². The molecule has 1 rings (SSSR count). The van der Waals surface area contributed by atoms with Gasteiger partial charge in [0.2, 0.25) is 5.91 Å². The molecule has 3 nitrogen and oxygen atoms in total. The first-order valence-electron chi connectivity index (χ1n) is 5.79. The molecule has 1 amide bonds. The number of nitrogens with zero attached hydrogens (tertiary/aromatic N) is 1. The van der Waals surface area contributed by atoms with Gasteiger partial charge in [0.1, 0.15) is 0 Å². The number of rotatable bonds is 6. The fourth-order valence-corrected chi connectivity index (χ4v) is 2.16. The summed E-state index contributed by atoms with van der Waals surface area (Å²) in [7, 11) is 0. The molecular weight excluding hydrogens is 176 g/mol. The van der Waals surface area contributed by atoms with E-state index in [1.54, 1.807) is 0 Å². The van der Waals surface area contributed by atoms with Crippen LogP contribution in [0.15, 0.2) is 0 Å². The van der Waals surface area contributed by atoms with E-state index >= 15 is 0 Å². The molecule has 2 N–H and O–H groups in total. The molecule has 0 aromatic carbocycles. The van der Waals surface area contributed by atoms with Gasteiger partial charge in [-0.1, -0.05) is 26.2 Å². The molecule has 0 bridgehead atoms. The summed E-state index contributed by atoms with van der Waals surface area (Å²) in [5, 5.41) is 0. The van der Waals surface area contributed by atoms with Crippen molar-refractivity contribution in [3.8, 4) is 0 Å². The van der Waals surface area contributed by atoms with Crippen LogP contribution in [0.25, 0.3) is 0 Å². The van der Waals surface area contributed by atoms with Gasteiger partial charge in [0, 0.05) is 0 Å². The Kier molecular flexibility index (Phi) is 4.94. The number of primary amides is 1. The highest BCUT2D eigenvalue weighted by Crippen LogP contribution is 2.17. The summed E-state index contributed by atoms with van der Waals surface area (Å²) in [6.45, 7) is 4.31. The standard InChI is InChI=1S/C11H22N2O/c1-2-3-4-5-8-13-9-6-7-10(13)11(12)14/h10H,2-9H2,1H3,(H2,12,14). The van der Waals surface area contributed by atoms with Crippen LogP contribution < -0.4 is 5.73 Å². The Bertz CT molecular complexity index is 182. The molecule has 0 spiro atoms. The first-order valence-corrected chi connectivity index (χ1v) is 5.79. The van der Waals surface area contributed by atoms with Crippen LogP contribution in [-0.4, -0.2) is 29.9 Å². The highest BCUT2D eigenvalue weighted by atomic mass is 16.1. The van der Waals surface area contributed by atoms with Gasteiger partial charge in [0.05, 0.1) is 6.04 Å². The van der Waals surface area contributed by atoms with Crippen molar-refractivity contribution >= 4 is 5.91 Å². The SMILES string of the molecule is CCCCCCN1CCCC1C(N)=O. The molecule has 0 aliphatic carbocycles. The average molecular weight is 198 g/mol. The highest BCUT2D eigenvalue weighted by Gasteiger charge is 2.27. The minimum Gasteiger partial charge on any atom is -0.368 e. The lowest BCUT2D eigenvalue weighted by Gasteiger charge is -2.21. The third-order valence-corrected chi connectivity index (χ3v) is 2.99. The highest BCUT2D eigenvalue weighted by molar-refractivity contribution is 5.80. The van der Waals surface area contributed by atoms with Crippen LogP contribution in [-0.2, 0) is 4.79 Å². The predicted octanol–water partition coefficient (Wildman–Crippen LogP) is 1.52. The third kappa shape index (κ3) is 3.29. The zero-order valence-corrected chi connectivity index (χ0v) is 9.17. The number of unbranched alkanes of at least 4 members (excludes halogenated alkanes) is 3. The summed E-state index contributed by atoms with van der Waals surface area (Å²) in [5.41, 5.74) is 5.34. The van der Waals surface area contributed by atoms with Crippen LogP contribution in [0.5, 0.6) is 0 Å². The first kappa shape index (κ1) is 11.5. The molecule has 0 saturated carbocycles. The van der Waals surface area contributed by atoms with E-state index in [9.17, 15) is 4.79 Å². The minimum absolute atomic E-state index is 0.0247. The van der Waals surface area contributed by atoms with E-state index in [1.165, 1.54) is 25.7 Å². The Morgan fingerprint density at radius 2 is 2.21 bits per heavy atom. The zero-order chi connectivity index (χ0) is 10.4. The molecule has 1 saturated heterocycles. The van der Waals surface area contributed by atoms with Crippen molar-refractivity contribution in [3.05, 3.63) is 0 Å². The van der Waals surface area contributed by atoms with E-state index in [1.807, 2.05) is 0 Å². The van der Waals surface area contributed by atoms with Crippen molar-refractivity contribution in [1.82, 2.24) is 4.90 Å². The van der Waals surface area contributed by atoms with Gasteiger partial charge in [-0.15, -0.1) is 0 Å². The van der Waals surface area contributed by atoms with Crippen LogP contribution in [0.1, 0.15) is 45.4 Å². The van der Waals surface area contributed by atoms with E-state index in [-0.39, 0.29) is 11.9 Å². The van der Waals surface area contributed by atoms with Gasteiger partial charge >= 0.3 is 0 Å². The summed E-state index contributed by atoms with van der Waals surface area (Å²) in [5.74, 6) is -0.141. The van der Waals surface area contributed by atoms with Crippen molar-refractivity contribution in [2.75, 3.05) is 13.1 Å². The van der Waals surface area contributed by atoms with Crippen LogP contribution in [0.3, 0.4) is 0 Å². The second kappa shape index (κ2) is 6.02. The molecule has 0 aromatic heterocycles. The third-order valence-electron chi connectivity index (χ3n) is 2.99. The van der Waals surface area contributed by atoms with Gasteiger partial charge in [-0.25, -0.2) is 0 Å². The van der Waals surface area contributed by atoms with E-state index in [2.05, 4.69) is 11.8 Å². The minimum atomic E-state index is -0.141. The fraction of sp³-hybridized carbons (Fsp3) is 0.909.